The normalized spacial score (nSPS) is 13.8. The van der Waals surface area contributed by atoms with Gasteiger partial charge in [0, 0.05) is 0 Å². The molecule has 0 radical (unpaired) electrons. The van der Waals surface area contributed by atoms with E-state index in [9.17, 15) is 0 Å². The molecular weight excluding hydrogens is 180 g/mol. The quantitative estimate of drug-likeness (QED) is 0.669. The zero-order chi connectivity index (χ0) is 10.3. The fourth-order valence-electron chi connectivity index (χ4n) is 0.736. The van der Waals surface area contributed by atoms with Crippen LogP contribution in [0.3, 0.4) is 0 Å². The summed E-state index contributed by atoms with van der Waals surface area (Å²) in [6.07, 6.45) is 0.964. The number of hydrogen-bond acceptors (Lipinski definition) is 3. The molecule has 0 aliphatic rings. The first kappa shape index (κ1) is 12.8. The molecule has 0 aliphatic carbocycles. The van der Waals surface area contributed by atoms with Crippen molar-refractivity contribution in [1.29, 1.82) is 5.26 Å². The number of nitrogens with two attached hydrogens (primary N) is 1. The van der Waals surface area contributed by atoms with Gasteiger partial charge in [-0.25, -0.2) is 0 Å². The molecule has 0 spiro atoms. The lowest BCUT2D eigenvalue weighted by molar-refractivity contribution is 0.481. The van der Waals surface area contributed by atoms with Crippen LogP contribution in [0.15, 0.2) is 0 Å². The van der Waals surface area contributed by atoms with Crippen molar-refractivity contribution in [3.05, 3.63) is 0 Å². The number of hydrogen-bond donors (Lipinski definition) is 1. The molecule has 0 saturated heterocycles. The highest BCUT2D eigenvalue weighted by molar-refractivity contribution is 7.99. The summed E-state index contributed by atoms with van der Waals surface area (Å²) in [7, 11) is 0. The zero-order valence-electron chi connectivity index (χ0n) is 8.84. The van der Waals surface area contributed by atoms with Crippen LogP contribution in [0.1, 0.15) is 27.2 Å². The molecule has 1 unspecified atom stereocenters. The fourth-order valence-corrected chi connectivity index (χ4v) is 2.10. The Labute approximate surface area is 85.9 Å². The van der Waals surface area contributed by atoms with Crippen LogP contribution in [0.5, 0.6) is 0 Å². The number of nitriles is 1. The summed E-state index contributed by atoms with van der Waals surface area (Å²) in [4.78, 5) is 0. The van der Waals surface area contributed by atoms with E-state index < -0.39 is 0 Å². The summed E-state index contributed by atoms with van der Waals surface area (Å²) in [5.41, 5.74) is 5.33. The van der Waals surface area contributed by atoms with Crippen LogP contribution in [0.2, 0.25) is 0 Å². The summed E-state index contributed by atoms with van der Waals surface area (Å²) >= 11 is 1.90. The van der Waals surface area contributed by atoms with Crippen LogP contribution in [0.25, 0.3) is 0 Å². The van der Waals surface area contributed by atoms with E-state index >= 15 is 0 Å². The van der Waals surface area contributed by atoms with E-state index in [1.54, 1.807) is 0 Å². The Balaban J connectivity index is 3.42. The minimum absolute atomic E-state index is 0.168. The van der Waals surface area contributed by atoms with Crippen LogP contribution in [0, 0.1) is 22.7 Å². The molecule has 76 valence electrons. The lowest BCUT2D eigenvalue weighted by Gasteiger charge is -2.15. The molecule has 0 bridgehead atoms. The Kier molecular flexibility index (Phi) is 6.19. The second kappa shape index (κ2) is 6.28. The van der Waals surface area contributed by atoms with Gasteiger partial charge in [0.1, 0.15) is 0 Å². The van der Waals surface area contributed by atoms with E-state index in [1.807, 2.05) is 25.6 Å². The van der Waals surface area contributed by atoms with Gasteiger partial charge in [-0.05, 0) is 44.2 Å². The topological polar surface area (TPSA) is 49.8 Å². The maximum absolute atomic E-state index is 8.77. The van der Waals surface area contributed by atoms with Gasteiger partial charge in [0.15, 0.2) is 0 Å². The van der Waals surface area contributed by atoms with Gasteiger partial charge in [-0.3, -0.25) is 0 Å². The van der Waals surface area contributed by atoms with E-state index in [0.717, 1.165) is 24.5 Å². The summed E-state index contributed by atoms with van der Waals surface area (Å²) in [5, 5.41) is 8.77. The lowest BCUT2D eigenvalue weighted by Crippen LogP contribution is -2.14. The van der Waals surface area contributed by atoms with Crippen LogP contribution in [0.4, 0.5) is 0 Å². The van der Waals surface area contributed by atoms with Crippen molar-refractivity contribution < 1.29 is 0 Å². The SMILES string of the molecule is CC(CN)CSCCC(C)(C)C#N. The molecule has 0 fully saturated rings. The van der Waals surface area contributed by atoms with Crippen LogP contribution >= 0.6 is 11.8 Å². The molecule has 0 aromatic carbocycles. The molecule has 0 aromatic heterocycles. The first-order chi connectivity index (χ1) is 6.02. The van der Waals surface area contributed by atoms with E-state index in [-0.39, 0.29) is 5.41 Å². The van der Waals surface area contributed by atoms with Crippen LogP contribution in [-0.2, 0) is 0 Å². The standard InChI is InChI=1S/C10H20N2S/c1-9(6-11)7-13-5-4-10(2,3)8-12/h9H,4-7,11H2,1-3H3. The maximum Gasteiger partial charge on any atom is 0.0684 e. The Morgan fingerprint density at radius 3 is 2.62 bits per heavy atom. The van der Waals surface area contributed by atoms with Gasteiger partial charge >= 0.3 is 0 Å². The van der Waals surface area contributed by atoms with Gasteiger partial charge in [0.2, 0.25) is 0 Å². The van der Waals surface area contributed by atoms with Crippen molar-refractivity contribution in [1.82, 2.24) is 0 Å². The van der Waals surface area contributed by atoms with Crippen molar-refractivity contribution in [3.8, 4) is 6.07 Å². The summed E-state index contributed by atoms with van der Waals surface area (Å²) in [5.74, 6) is 2.76. The molecule has 2 nitrogen and oxygen atoms in total. The minimum Gasteiger partial charge on any atom is -0.330 e. The minimum atomic E-state index is -0.168. The highest BCUT2D eigenvalue weighted by Gasteiger charge is 2.15. The maximum atomic E-state index is 8.77. The molecule has 0 aliphatic heterocycles. The first-order valence-electron chi connectivity index (χ1n) is 4.71. The summed E-state index contributed by atoms with van der Waals surface area (Å²) in [6, 6.07) is 2.31. The zero-order valence-corrected chi connectivity index (χ0v) is 9.66. The van der Waals surface area contributed by atoms with Gasteiger partial charge in [0.25, 0.3) is 0 Å². The predicted molar refractivity (Wildman–Crippen MR) is 59.6 cm³/mol. The van der Waals surface area contributed by atoms with E-state index in [4.69, 9.17) is 11.0 Å². The van der Waals surface area contributed by atoms with Crippen LogP contribution in [-0.4, -0.2) is 18.1 Å². The first-order valence-corrected chi connectivity index (χ1v) is 5.86. The second-order valence-electron chi connectivity index (χ2n) is 4.16. The van der Waals surface area contributed by atoms with Crippen molar-refractivity contribution in [2.45, 2.75) is 27.2 Å². The smallest absolute Gasteiger partial charge is 0.0684 e. The molecule has 2 N–H and O–H groups in total. The Bertz CT molecular complexity index is 172. The molecule has 0 saturated carbocycles. The molecule has 0 heterocycles. The van der Waals surface area contributed by atoms with Crippen molar-refractivity contribution >= 4 is 11.8 Å². The Morgan fingerprint density at radius 2 is 2.15 bits per heavy atom. The lowest BCUT2D eigenvalue weighted by atomic mass is 9.93. The monoisotopic (exact) mass is 200 g/mol. The molecule has 0 aromatic rings. The molecule has 3 heteroatoms. The Hall–Kier alpha value is -0.200. The third-order valence-corrected chi connectivity index (χ3v) is 3.28. The molecule has 0 amide bonds. The molecule has 13 heavy (non-hydrogen) atoms. The third kappa shape index (κ3) is 6.92. The highest BCUT2D eigenvalue weighted by Crippen LogP contribution is 2.22. The van der Waals surface area contributed by atoms with Crippen molar-refractivity contribution in [3.63, 3.8) is 0 Å². The second-order valence-corrected chi connectivity index (χ2v) is 5.31. The van der Waals surface area contributed by atoms with Gasteiger partial charge in [-0.1, -0.05) is 6.92 Å². The molecule has 1 atom stereocenters. The van der Waals surface area contributed by atoms with E-state index in [1.165, 1.54) is 0 Å². The number of nitrogens with zero attached hydrogens (tertiary/aromatic N) is 1. The fraction of sp³-hybridized carbons (Fsp3) is 0.900. The van der Waals surface area contributed by atoms with Crippen LogP contribution < -0.4 is 5.73 Å². The number of thioether (sulfide) groups is 1. The van der Waals surface area contributed by atoms with Gasteiger partial charge < -0.3 is 5.73 Å². The third-order valence-electron chi connectivity index (χ3n) is 1.98. The molecule has 0 rings (SSSR count). The Morgan fingerprint density at radius 1 is 1.54 bits per heavy atom. The average molecular weight is 200 g/mol. The average Bonchev–Trinajstić information content (AvgIpc) is 2.12. The van der Waals surface area contributed by atoms with E-state index in [2.05, 4.69) is 13.0 Å². The number of rotatable bonds is 6. The highest BCUT2D eigenvalue weighted by atomic mass is 32.2. The van der Waals surface area contributed by atoms with Crippen molar-refractivity contribution in [2.75, 3.05) is 18.1 Å². The predicted octanol–water partition coefficient (Wildman–Crippen LogP) is 2.25. The van der Waals surface area contributed by atoms with Crippen molar-refractivity contribution in [2.24, 2.45) is 17.1 Å². The summed E-state index contributed by atoms with van der Waals surface area (Å²) in [6.45, 7) is 6.89. The van der Waals surface area contributed by atoms with Gasteiger partial charge in [0.05, 0.1) is 11.5 Å². The largest absolute Gasteiger partial charge is 0.330 e. The van der Waals surface area contributed by atoms with E-state index in [0.29, 0.717) is 5.92 Å². The van der Waals surface area contributed by atoms with Gasteiger partial charge in [-0.2, -0.15) is 17.0 Å². The summed E-state index contributed by atoms with van der Waals surface area (Å²) < 4.78 is 0. The molecular formula is C10H20N2S. The van der Waals surface area contributed by atoms with Gasteiger partial charge in [-0.15, -0.1) is 0 Å².